The quantitative estimate of drug-likeness (QED) is 0.349. The molecule has 0 aromatic rings. The lowest BCUT2D eigenvalue weighted by Gasteiger charge is -2.47. The van der Waals surface area contributed by atoms with Crippen molar-refractivity contribution in [3.05, 3.63) is 0 Å². The van der Waals surface area contributed by atoms with E-state index in [1.807, 2.05) is 21.1 Å². The molecule has 4 fully saturated rings. The highest BCUT2D eigenvalue weighted by Gasteiger charge is 2.32. The molecular weight excluding hydrogens is 443 g/mol. The number of carbonyl (C=O) groups excluding carboxylic acids is 1. The summed E-state index contributed by atoms with van der Waals surface area (Å²) in [5.41, 5.74) is 0. The van der Waals surface area contributed by atoms with E-state index in [1.165, 1.54) is 26.2 Å². The van der Waals surface area contributed by atoms with Crippen molar-refractivity contribution in [1.82, 2.24) is 25.3 Å². The molecule has 8 heteroatoms. The molecule has 4 rings (SSSR count). The molecule has 3 heterocycles. The molecule has 3 unspecified atom stereocenters. The standard InChI is InChI=1S/C18H34N6O.HI/c1-19-18(20-12-16-13-23-7-9-24(16)10-8-23)21-15-6-4-5-14(11-15)17(25)22(2)3;/h14-16H,4-13H2,1-3H3,(H2,19,20,21);1H. The lowest BCUT2D eigenvalue weighted by atomic mass is 9.85. The second-order valence-electron chi connectivity index (χ2n) is 7.88. The van der Waals surface area contributed by atoms with Gasteiger partial charge in [-0.05, 0) is 19.3 Å². The molecule has 0 radical (unpaired) electrons. The topological polar surface area (TPSA) is 63.2 Å². The number of piperazine rings is 3. The number of aliphatic imine (C=N–C) groups is 1. The van der Waals surface area contributed by atoms with Crippen molar-refractivity contribution >= 4 is 35.8 Å². The first-order valence-corrected chi connectivity index (χ1v) is 9.71. The van der Waals surface area contributed by atoms with Crippen LogP contribution in [0, 0.1) is 5.92 Å². The highest BCUT2D eigenvalue weighted by molar-refractivity contribution is 14.0. The molecule has 0 aromatic carbocycles. The average molecular weight is 478 g/mol. The summed E-state index contributed by atoms with van der Waals surface area (Å²) in [5.74, 6) is 1.28. The molecule has 7 nitrogen and oxygen atoms in total. The Bertz CT molecular complexity index is 492. The summed E-state index contributed by atoms with van der Waals surface area (Å²) in [4.78, 5) is 23.5. The molecule has 2 N–H and O–H groups in total. The molecule has 0 aromatic heterocycles. The van der Waals surface area contributed by atoms with Gasteiger partial charge in [0.05, 0.1) is 0 Å². The van der Waals surface area contributed by atoms with Crippen molar-refractivity contribution in [2.24, 2.45) is 10.9 Å². The number of guanidine groups is 1. The Kier molecular flexibility index (Phi) is 8.41. The molecule has 3 saturated heterocycles. The number of nitrogens with one attached hydrogen (secondary N) is 2. The number of halogens is 1. The van der Waals surface area contributed by atoms with Gasteiger partial charge in [-0.25, -0.2) is 0 Å². The number of rotatable bonds is 4. The number of fused-ring (bicyclic) bond motifs is 3. The van der Waals surface area contributed by atoms with E-state index < -0.39 is 0 Å². The first-order chi connectivity index (χ1) is 12.1. The van der Waals surface area contributed by atoms with E-state index in [9.17, 15) is 4.79 Å². The van der Waals surface area contributed by atoms with Crippen molar-refractivity contribution in [3.8, 4) is 0 Å². The molecule has 1 saturated carbocycles. The van der Waals surface area contributed by atoms with Gasteiger partial charge in [-0.15, -0.1) is 24.0 Å². The number of nitrogens with zero attached hydrogens (tertiary/aromatic N) is 4. The number of carbonyl (C=O) groups is 1. The zero-order valence-electron chi connectivity index (χ0n) is 16.4. The summed E-state index contributed by atoms with van der Waals surface area (Å²) in [6.45, 7) is 6.90. The minimum atomic E-state index is 0. The maximum absolute atomic E-state index is 12.2. The largest absolute Gasteiger partial charge is 0.355 e. The van der Waals surface area contributed by atoms with Crippen LogP contribution in [0.1, 0.15) is 25.7 Å². The predicted octanol–water partition coefficient (Wildman–Crippen LogP) is 0.416. The van der Waals surface area contributed by atoms with Crippen LogP contribution in [0.2, 0.25) is 0 Å². The van der Waals surface area contributed by atoms with E-state index in [1.54, 1.807) is 4.90 Å². The van der Waals surface area contributed by atoms with Gasteiger partial charge in [0.1, 0.15) is 0 Å². The summed E-state index contributed by atoms with van der Waals surface area (Å²) < 4.78 is 0. The number of hydrogen-bond acceptors (Lipinski definition) is 4. The summed E-state index contributed by atoms with van der Waals surface area (Å²) >= 11 is 0. The van der Waals surface area contributed by atoms with Crippen LogP contribution in [0.3, 0.4) is 0 Å². The maximum atomic E-state index is 12.2. The number of amides is 1. The number of hydrogen-bond donors (Lipinski definition) is 2. The second kappa shape index (κ2) is 10.1. The highest BCUT2D eigenvalue weighted by Crippen LogP contribution is 2.25. The Balaban J connectivity index is 0.00000243. The fourth-order valence-electron chi connectivity index (χ4n) is 4.43. The van der Waals surface area contributed by atoms with Crippen molar-refractivity contribution in [2.45, 2.75) is 37.8 Å². The molecule has 4 aliphatic rings. The van der Waals surface area contributed by atoms with E-state index in [4.69, 9.17) is 0 Å². The van der Waals surface area contributed by atoms with Crippen molar-refractivity contribution in [1.29, 1.82) is 0 Å². The monoisotopic (exact) mass is 478 g/mol. The Morgan fingerprint density at radius 2 is 1.92 bits per heavy atom. The summed E-state index contributed by atoms with van der Waals surface area (Å²) in [6.07, 6.45) is 4.13. The van der Waals surface area contributed by atoms with E-state index in [2.05, 4.69) is 25.4 Å². The van der Waals surface area contributed by atoms with E-state index in [0.29, 0.717) is 12.1 Å². The van der Waals surface area contributed by atoms with Gasteiger partial charge in [0.25, 0.3) is 0 Å². The summed E-state index contributed by atoms with van der Waals surface area (Å²) in [7, 11) is 5.53. The summed E-state index contributed by atoms with van der Waals surface area (Å²) in [6, 6.07) is 0.913. The fraction of sp³-hybridized carbons (Fsp3) is 0.889. The Morgan fingerprint density at radius 3 is 2.50 bits per heavy atom. The smallest absolute Gasteiger partial charge is 0.225 e. The third-order valence-corrected chi connectivity index (χ3v) is 5.93. The van der Waals surface area contributed by atoms with E-state index >= 15 is 0 Å². The van der Waals surface area contributed by atoms with Crippen molar-refractivity contribution in [3.63, 3.8) is 0 Å². The van der Waals surface area contributed by atoms with Crippen LogP contribution in [0.25, 0.3) is 0 Å². The normalized spacial score (nSPS) is 34.0. The zero-order valence-corrected chi connectivity index (χ0v) is 18.7. The molecule has 2 bridgehead atoms. The van der Waals surface area contributed by atoms with Gasteiger partial charge in [-0.1, -0.05) is 6.42 Å². The Hall–Kier alpha value is -0.610. The van der Waals surface area contributed by atoms with Crippen LogP contribution in [0.15, 0.2) is 4.99 Å². The Morgan fingerprint density at radius 1 is 1.19 bits per heavy atom. The summed E-state index contributed by atoms with van der Waals surface area (Å²) in [5, 5.41) is 7.06. The lowest BCUT2D eigenvalue weighted by molar-refractivity contribution is -0.134. The van der Waals surface area contributed by atoms with Gasteiger partial charge < -0.3 is 15.5 Å². The average Bonchev–Trinajstić information content (AvgIpc) is 2.65. The lowest BCUT2D eigenvalue weighted by Crippen LogP contribution is -2.64. The Labute approximate surface area is 175 Å². The molecular formula is C18H35IN6O. The minimum absolute atomic E-state index is 0. The SMILES string of the molecule is CN=C(NCC1CN2CCN1CC2)NC1CCCC(C(=O)N(C)C)C1.I. The molecule has 3 atom stereocenters. The first kappa shape index (κ1) is 21.7. The maximum Gasteiger partial charge on any atom is 0.225 e. The van der Waals surface area contributed by atoms with Gasteiger partial charge in [0.15, 0.2) is 5.96 Å². The van der Waals surface area contributed by atoms with E-state index in [0.717, 1.165) is 44.7 Å². The van der Waals surface area contributed by atoms with Crippen LogP contribution in [0.4, 0.5) is 0 Å². The fourth-order valence-corrected chi connectivity index (χ4v) is 4.43. The first-order valence-electron chi connectivity index (χ1n) is 9.71. The van der Waals surface area contributed by atoms with Crippen LogP contribution >= 0.6 is 24.0 Å². The van der Waals surface area contributed by atoms with Gasteiger partial charge in [0.2, 0.25) is 5.91 Å². The predicted molar refractivity (Wildman–Crippen MR) is 116 cm³/mol. The minimum Gasteiger partial charge on any atom is -0.355 e. The molecule has 3 aliphatic heterocycles. The van der Waals surface area contributed by atoms with Crippen molar-refractivity contribution < 1.29 is 4.79 Å². The van der Waals surface area contributed by atoms with Gasteiger partial charge in [0, 0.05) is 78.4 Å². The van der Waals surface area contributed by atoms with Gasteiger partial charge in [-0.3, -0.25) is 19.6 Å². The molecule has 0 spiro atoms. The molecule has 1 aliphatic carbocycles. The van der Waals surface area contributed by atoms with Crippen molar-refractivity contribution in [2.75, 3.05) is 60.4 Å². The van der Waals surface area contributed by atoms with Gasteiger partial charge >= 0.3 is 0 Å². The highest BCUT2D eigenvalue weighted by atomic mass is 127. The third kappa shape index (κ3) is 5.45. The molecule has 1 amide bonds. The molecule has 150 valence electrons. The van der Waals surface area contributed by atoms with Gasteiger partial charge in [-0.2, -0.15) is 0 Å². The zero-order chi connectivity index (χ0) is 17.8. The second-order valence-corrected chi connectivity index (χ2v) is 7.88. The van der Waals surface area contributed by atoms with E-state index in [-0.39, 0.29) is 35.8 Å². The third-order valence-electron chi connectivity index (χ3n) is 5.93. The van der Waals surface area contributed by atoms with Crippen LogP contribution in [-0.2, 0) is 4.79 Å². The van der Waals surface area contributed by atoms with Crippen LogP contribution in [-0.4, -0.2) is 99.1 Å². The van der Waals surface area contributed by atoms with Crippen LogP contribution in [0.5, 0.6) is 0 Å². The molecule has 26 heavy (non-hydrogen) atoms. The van der Waals surface area contributed by atoms with Crippen LogP contribution < -0.4 is 10.6 Å².